The molecule has 0 aromatic carbocycles. The highest BCUT2D eigenvalue weighted by Gasteiger charge is 2.05. The van der Waals surface area contributed by atoms with Crippen molar-refractivity contribution >= 4 is 17.2 Å². The SMILES string of the molecule is Cc1csc(CNc2cc(=O)[nH]c(C(C)C)n2)n1. The Kier molecular flexibility index (Phi) is 3.76. The maximum Gasteiger partial charge on any atom is 0.252 e. The molecule has 5 nitrogen and oxygen atoms in total. The van der Waals surface area contributed by atoms with Gasteiger partial charge in [0, 0.05) is 23.1 Å². The molecule has 2 aromatic heterocycles. The monoisotopic (exact) mass is 264 g/mol. The fourth-order valence-electron chi connectivity index (χ4n) is 1.49. The molecule has 0 aliphatic rings. The van der Waals surface area contributed by atoms with Crippen LogP contribution in [0.2, 0.25) is 0 Å². The molecule has 0 unspecified atom stereocenters. The molecule has 0 saturated carbocycles. The first-order valence-corrected chi connectivity index (χ1v) is 6.68. The van der Waals surface area contributed by atoms with Crippen LogP contribution in [0.15, 0.2) is 16.2 Å². The van der Waals surface area contributed by atoms with E-state index in [1.54, 1.807) is 11.3 Å². The van der Waals surface area contributed by atoms with Gasteiger partial charge in [-0.1, -0.05) is 13.8 Å². The third-order valence-electron chi connectivity index (χ3n) is 2.39. The summed E-state index contributed by atoms with van der Waals surface area (Å²) < 4.78 is 0. The maximum absolute atomic E-state index is 11.5. The van der Waals surface area contributed by atoms with Gasteiger partial charge in [-0.15, -0.1) is 11.3 Å². The first kappa shape index (κ1) is 12.8. The standard InChI is InChI=1S/C12H16N4OS/c1-7(2)12-15-9(4-10(17)16-12)13-5-11-14-8(3)6-18-11/h4,6-7H,5H2,1-3H3,(H2,13,15,16,17). The first-order valence-electron chi connectivity index (χ1n) is 5.80. The lowest BCUT2D eigenvalue weighted by Crippen LogP contribution is -2.14. The van der Waals surface area contributed by atoms with E-state index in [9.17, 15) is 4.79 Å². The smallest absolute Gasteiger partial charge is 0.252 e. The van der Waals surface area contributed by atoms with E-state index in [0.717, 1.165) is 10.7 Å². The Hall–Kier alpha value is -1.69. The van der Waals surface area contributed by atoms with Crippen molar-refractivity contribution in [1.82, 2.24) is 15.0 Å². The van der Waals surface area contributed by atoms with E-state index in [0.29, 0.717) is 18.2 Å². The third-order valence-corrected chi connectivity index (χ3v) is 3.36. The van der Waals surface area contributed by atoms with Gasteiger partial charge in [0.25, 0.3) is 5.56 Å². The van der Waals surface area contributed by atoms with Crippen LogP contribution in [0.25, 0.3) is 0 Å². The van der Waals surface area contributed by atoms with Crippen molar-refractivity contribution in [2.75, 3.05) is 5.32 Å². The maximum atomic E-state index is 11.5. The summed E-state index contributed by atoms with van der Waals surface area (Å²) in [5.74, 6) is 1.48. The largest absolute Gasteiger partial charge is 0.363 e. The number of anilines is 1. The highest BCUT2D eigenvalue weighted by Crippen LogP contribution is 2.12. The number of rotatable bonds is 4. The quantitative estimate of drug-likeness (QED) is 0.888. The molecule has 18 heavy (non-hydrogen) atoms. The minimum atomic E-state index is -0.133. The molecule has 0 spiro atoms. The van der Waals surface area contributed by atoms with Crippen LogP contribution < -0.4 is 10.9 Å². The van der Waals surface area contributed by atoms with Gasteiger partial charge >= 0.3 is 0 Å². The van der Waals surface area contributed by atoms with Gasteiger partial charge < -0.3 is 10.3 Å². The summed E-state index contributed by atoms with van der Waals surface area (Å²) in [7, 11) is 0. The van der Waals surface area contributed by atoms with Crippen molar-refractivity contribution in [3.05, 3.63) is 38.3 Å². The summed E-state index contributed by atoms with van der Waals surface area (Å²) in [6, 6.07) is 1.46. The Labute approximate surface area is 109 Å². The number of hydrogen-bond donors (Lipinski definition) is 2. The Morgan fingerprint density at radius 3 is 2.83 bits per heavy atom. The van der Waals surface area contributed by atoms with Gasteiger partial charge in [0.1, 0.15) is 16.6 Å². The Morgan fingerprint density at radius 2 is 2.22 bits per heavy atom. The molecule has 2 rings (SSSR count). The molecule has 0 saturated heterocycles. The van der Waals surface area contributed by atoms with E-state index >= 15 is 0 Å². The zero-order valence-electron chi connectivity index (χ0n) is 10.7. The van der Waals surface area contributed by atoms with Crippen molar-refractivity contribution in [1.29, 1.82) is 0 Å². The molecule has 0 aliphatic carbocycles. The molecule has 2 aromatic rings. The van der Waals surface area contributed by atoms with Crippen LogP contribution in [0, 0.1) is 6.92 Å². The van der Waals surface area contributed by atoms with E-state index in [4.69, 9.17) is 0 Å². The number of hydrogen-bond acceptors (Lipinski definition) is 5. The number of nitrogens with zero attached hydrogens (tertiary/aromatic N) is 2. The van der Waals surface area contributed by atoms with Crippen molar-refractivity contribution < 1.29 is 0 Å². The number of nitrogens with one attached hydrogen (secondary N) is 2. The number of thiazole rings is 1. The van der Waals surface area contributed by atoms with Crippen LogP contribution in [0.4, 0.5) is 5.82 Å². The lowest BCUT2D eigenvalue weighted by atomic mass is 10.2. The third kappa shape index (κ3) is 3.16. The molecule has 96 valence electrons. The summed E-state index contributed by atoms with van der Waals surface area (Å²) in [5, 5.41) is 6.12. The molecular weight excluding hydrogens is 248 g/mol. The molecular formula is C12H16N4OS. The molecule has 0 aliphatic heterocycles. The molecule has 6 heteroatoms. The molecule has 2 heterocycles. The van der Waals surface area contributed by atoms with Crippen LogP contribution >= 0.6 is 11.3 Å². The fourth-order valence-corrected chi connectivity index (χ4v) is 2.20. The van der Waals surface area contributed by atoms with Crippen LogP contribution in [0.5, 0.6) is 0 Å². The minimum Gasteiger partial charge on any atom is -0.363 e. The van der Waals surface area contributed by atoms with Crippen LogP contribution in [-0.2, 0) is 6.54 Å². The summed E-state index contributed by atoms with van der Waals surface area (Å²) >= 11 is 1.60. The van der Waals surface area contributed by atoms with Crippen molar-refractivity contribution in [3.63, 3.8) is 0 Å². The number of H-pyrrole nitrogens is 1. The van der Waals surface area contributed by atoms with Gasteiger partial charge in [-0.3, -0.25) is 4.79 Å². The second kappa shape index (κ2) is 5.30. The summed E-state index contributed by atoms with van der Waals surface area (Å²) in [6.07, 6.45) is 0. The predicted octanol–water partition coefficient (Wildman–Crippen LogP) is 2.27. The van der Waals surface area contributed by atoms with E-state index in [1.807, 2.05) is 26.2 Å². The summed E-state index contributed by atoms with van der Waals surface area (Å²) in [5.41, 5.74) is 0.880. The molecule has 0 bridgehead atoms. The Morgan fingerprint density at radius 1 is 1.44 bits per heavy atom. The van der Waals surface area contributed by atoms with Crippen molar-refractivity contribution in [2.24, 2.45) is 0 Å². The van der Waals surface area contributed by atoms with Crippen LogP contribution in [0.1, 0.15) is 36.3 Å². The molecule has 0 radical (unpaired) electrons. The highest BCUT2D eigenvalue weighted by molar-refractivity contribution is 7.09. The van der Waals surface area contributed by atoms with Crippen LogP contribution in [-0.4, -0.2) is 15.0 Å². The first-order chi connectivity index (χ1) is 8.54. The topological polar surface area (TPSA) is 70.7 Å². The number of aromatic amines is 1. The lowest BCUT2D eigenvalue weighted by molar-refractivity contribution is 0.766. The normalized spacial score (nSPS) is 10.9. The lowest BCUT2D eigenvalue weighted by Gasteiger charge is -2.07. The average Bonchev–Trinajstić information content (AvgIpc) is 2.72. The van der Waals surface area contributed by atoms with E-state index in [2.05, 4.69) is 20.3 Å². The van der Waals surface area contributed by atoms with Crippen LogP contribution in [0.3, 0.4) is 0 Å². The Balaban J connectivity index is 2.11. The number of aromatic nitrogens is 3. The van der Waals surface area contributed by atoms with Gasteiger partial charge in [-0.25, -0.2) is 9.97 Å². The molecule has 0 fully saturated rings. The zero-order valence-corrected chi connectivity index (χ0v) is 11.5. The van der Waals surface area contributed by atoms with Gasteiger partial charge in [-0.05, 0) is 6.92 Å². The van der Waals surface area contributed by atoms with Crippen molar-refractivity contribution in [2.45, 2.75) is 33.2 Å². The van der Waals surface area contributed by atoms with Gasteiger partial charge in [0.05, 0.1) is 6.54 Å². The highest BCUT2D eigenvalue weighted by atomic mass is 32.1. The predicted molar refractivity (Wildman–Crippen MR) is 73.1 cm³/mol. The minimum absolute atomic E-state index is 0.133. The van der Waals surface area contributed by atoms with Crippen molar-refractivity contribution in [3.8, 4) is 0 Å². The molecule has 0 amide bonds. The van der Waals surface area contributed by atoms with Gasteiger partial charge in [0.15, 0.2) is 0 Å². The fraction of sp³-hybridized carbons (Fsp3) is 0.417. The zero-order chi connectivity index (χ0) is 13.1. The Bertz CT molecular complexity index is 588. The summed E-state index contributed by atoms with van der Waals surface area (Å²) in [4.78, 5) is 22.9. The van der Waals surface area contributed by atoms with Gasteiger partial charge in [0.2, 0.25) is 0 Å². The van der Waals surface area contributed by atoms with Gasteiger partial charge in [-0.2, -0.15) is 0 Å². The molecule has 0 atom stereocenters. The summed E-state index contributed by atoms with van der Waals surface area (Å²) in [6.45, 7) is 6.54. The molecule has 2 N–H and O–H groups in total. The van der Waals surface area contributed by atoms with E-state index in [-0.39, 0.29) is 11.5 Å². The second-order valence-electron chi connectivity index (χ2n) is 4.41. The number of aryl methyl sites for hydroxylation is 1. The van der Waals surface area contributed by atoms with E-state index in [1.165, 1.54) is 6.07 Å². The average molecular weight is 264 g/mol. The van der Waals surface area contributed by atoms with E-state index < -0.39 is 0 Å². The second-order valence-corrected chi connectivity index (χ2v) is 5.35.